The molecule has 9 nitrogen and oxygen atoms in total. The summed E-state index contributed by atoms with van der Waals surface area (Å²) in [7, 11) is 1.45. The van der Waals surface area contributed by atoms with Crippen LogP contribution < -0.4 is 15.6 Å². The summed E-state index contributed by atoms with van der Waals surface area (Å²) in [6.45, 7) is 2.80. The molecule has 42 heavy (non-hydrogen) atoms. The number of carbonyl (C=O) groups is 2. The van der Waals surface area contributed by atoms with Gasteiger partial charge >= 0.3 is 0 Å². The van der Waals surface area contributed by atoms with Crippen molar-refractivity contribution in [1.82, 2.24) is 19.8 Å². The predicted octanol–water partition coefficient (Wildman–Crippen LogP) is 5.34. The second-order valence-corrected chi connectivity index (χ2v) is 10.7. The van der Waals surface area contributed by atoms with E-state index in [4.69, 9.17) is 4.74 Å². The molecule has 0 atom stereocenters. The normalized spacial score (nSPS) is 15.2. The molecule has 4 heterocycles. The lowest BCUT2D eigenvalue weighted by Gasteiger charge is -2.27. The summed E-state index contributed by atoms with van der Waals surface area (Å²) in [6, 6.07) is 13.0. The number of ether oxygens (including phenoxy) is 1. The minimum absolute atomic E-state index is 0.00113. The predicted molar refractivity (Wildman–Crippen MR) is 159 cm³/mol. The van der Waals surface area contributed by atoms with E-state index in [-0.39, 0.29) is 39.9 Å². The average Bonchev–Trinajstić information content (AvgIpc) is 3.56. The van der Waals surface area contributed by atoms with Crippen LogP contribution in [0.2, 0.25) is 0 Å². The Morgan fingerprint density at radius 2 is 1.57 bits per heavy atom. The van der Waals surface area contributed by atoms with Crippen LogP contribution in [0, 0.1) is 5.82 Å². The van der Waals surface area contributed by atoms with Crippen LogP contribution in [0.25, 0.3) is 22.2 Å². The van der Waals surface area contributed by atoms with Crippen molar-refractivity contribution in [3.63, 3.8) is 0 Å². The number of nitrogens with one attached hydrogen (secondary N) is 2. The maximum Gasteiger partial charge on any atom is 0.259 e. The molecule has 0 spiro atoms. The number of piperidine rings is 1. The van der Waals surface area contributed by atoms with Crippen molar-refractivity contribution in [2.75, 3.05) is 38.6 Å². The second kappa shape index (κ2) is 11.6. The topological polar surface area (TPSA) is 108 Å². The number of carbonyl (C=O) groups excluding carboxylic acids is 2. The number of methoxy groups -OCH3 is 1. The number of amides is 2. The van der Waals surface area contributed by atoms with E-state index in [1.165, 1.54) is 25.4 Å². The lowest BCUT2D eigenvalue weighted by molar-refractivity contribution is 0.0719. The summed E-state index contributed by atoms with van der Waals surface area (Å²) in [5.41, 5.74) is 2.25. The molecule has 6 rings (SSSR count). The maximum absolute atomic E-state index is 15.7. The molecule has 0 bridgehead atoms. The lowest BCUT2D eigenvalue weighted by Crippen LogP contribution is -2.35. The van der Waals surface area contributed by atoms with Gasteiger partial charge < -0.3 is 24.8 Å². The molecule has 2 aliphatic heterocycles. The van der Waals surface area contributed by atoms with Crippen molar-refractivity contribution >= 4 is 34.1 Å². The Bertz CT molecular complexity index is 1710. The van der Waals surface area contributed by atoms with Crippen LogP contribution in [0.15, 0.2) is 59.5 Å². The van der Waals surface area contributed by atoms with Gasteiger partial charge in [-0.05, 0) is 80.6 Å². The van der Waals surface area contributed by atoms with Gasteiger partial charge in [-0.15, -0.1) is 0 Å². The van der Waals surface area contributed by atoms with E-state index in [1.54, 1.807) is 41.3 Å². The Morgan fingerprint density at radius 3 is 2.26 bits per heavy atom. The second-order valence-electron chi connectivity index (χ2n) is 10.7. The van der Waals surface area contributed by atoms with Gasteiger partial charge in [0.1, 0.15) is 11.6 Å². The van der Waals surface area contributed by atoms with Gasteiger partial charge in [-0.25, -0.2) is 9.37 Å². The molecular formula is C32H32FN5O4. The van der Waals surface area contributed by atoms with Gasteiger partial charge in [0.2, 0.25) is 0 Å². The van der Waals surface area contributed by atoms with Crippen LogP contribution in [0.4, 0.5) is 15.8 Å². The van der Waals surface area contributed by atoms with Crippen LogP contribution in [0.5, 0.6) is 5.75 Å². The SMILES string of the molecule is COc1cc(-c2cc(Nc3ccc(C(=O)N4CCCC4)cc3)c3c(=O)[nH]ccc3n2)c(F)cc1C(=O)N1CCCCC1. The van der Waals surface area contributed by atoms with E-state index in [1.807, 2.05) is 4.90 Å². The number of nitrogens with zero attached hydrogens (tertiary/aromatic N) is 3. The molecule has 0 saturated carbocycles. The highest BCUT2D eigenvalue weighted by atomic mass is 19.1. The first-order chi connectivity index (χ1) is 20.4. The van der Waals surface area contributed by atoms with Crippen molar-refractivity contribution in [2.24, 2.45) is 0 Å². The number of halogens is 1. The van der Waals surface area contributed by atoms with Crippen molar-refractivity contribution in [3.8, 4) is 17.0 Å². The number of likely N-dealkylation sites (tertiary alicyclic amines) is 2. The Morgan fingerprint density at radius 1 is 0.905 bits per heavy atom. The fraction of sp³-hybridized carbons (Fsp3) is 0.312. The summed E-state index contributed by atoms with van der Waals surface area (Å²) < 4.78 is 21.2. The van der Waals surface area contributed by atoms with E-state index in [2.05, 4.69) is 15.3 Å². The molecule has 216 valence electrons. The summed E-state index contributed by atoms with van der Waals surface area (Å²) in [4.78, 5) is 49.6. The first-order valence-electron chi connectivity index (χ1n) is 14.3. The van der Waals surface area contributed by atoms with Crippen molar-refractivity contribution in [2.45, 2.75) is 32.1 Å². The van der Waals surface area contributed by atoms with Crippen molar-refractivity contribution < 1.29 is 18.7 Å². The van der Waals surface area contributed by atoms with Crippen LogP contribution in [0.3, 0.4) is 0 Å². The Kier molecular flexibility index (Phi) is 7.60. The quantitative estimate of drug-likeness (QED) is 0.325. The van der Waals surface area contributed by atoms with Gasteiger partial charge in [0.05, 0.1) is 35.0 Å². The highest BCUT2D eigenvalue weighted by molar-refractivity contribution is 5.99. The largest absolute Gasteiger partial charge is 0.496 e. The van der Waals surface area contributed by atoms with E-state index in [0.717, 1.165) is 45.2 Å². The molecular weight excluding hydrogens is 537 g/mol. The van der Waals surface area contributed by atoms with Gasteiger partial charge in [-0.1, -0.05) is 0 Å². The van der Waals surface area contributed by atoms with Gasteiger partial charge in [0.25, 0.3) is 17.4 Å². The van der Waals surface area contributed by atoms with Gasteiger partial charge in [-0.3, -0.25) is 14.4 Å². The molecule has 0 radical (unpaired) electrons. The number of aromatic amines is 1. The standard InChI is InChI=1S/C32H32FN5O4/c1-42-28-18-22(24(33)17-23(28)32(41)38-13-3-2-4-14-38)26-19-27(29-25(36-26)11-12-34-30(29)39)35-21-9-7-20(8-10-21)31(40)37-15-5-6-16-37/h7-12,17-19H,2-6,13-16H2,1H3,(H,34,39)(H,35,36). The van der Waals surface area contributed by atoms with Crippen molar-refractivity contribution in [1.29, 1.82) is 0 Å². The number of H-pyrrole nitrogens is 1. The zero-order valence-corrected chi connectivity index (χ0v) is 23.4. The van der Waals surface area contributed by atoms with Crippen LogP contribution >= 0.6 is 0 Å². The van der Waals surface area contributed by atoms with Crippen LogP contribution in [0.1, 0.15) is 52.8 Å². The molecule has 0 aliphatic carbocycles. The average molecular weight is 570 g/mol. The van der Waals surface area contributed by atoms with Gasteiger partial charge in [0, 0.05) is 49.2 Å². The first kappa shape index (κ1) is 27.4. The Balaban J connectivity index is 1.36. The molecule has 2 aromatic heterocycles. The van der Waals surface area contributed by atoms with E-state index in [9.17, 15) is 14.4 Å². The highest BCUT2D eigenvalue weighted by Gasteiger charge is 2.25. The first-order valence-corrected chi connectivity index (χ1v) is 14.3. The molecule has 2 fully saturated rings. The van der Waals surface area contributed by atoms with Crippen LogP contribution in [-0.4, -0.2) is 64.9 Å². The zero-order chi connectivity index (χ0) is 29.2. The molecule has 4 aromatic rings. The summed E-state index contributed by atoms with van der Waals surface area (Å²) >= 11 is 0. The number of rotatable bonds is 6. The number of anilines is 2. The monoisotopic (exact) mass is 569 g/mol. The van der Waals surface area contributed by atoms with E-state index < -0.39 is 5.82 Å². The summed E-state index contributed by atoms with van der Waals surface area (Å²) in [6.07, 6.45) is 6.43. The number of benzene rings is 2. The van der Waals surface area contributed by atoms with E-state index >= 15 is 4.39 Å². The van der Waals surface area contributed by atoms with Crippen LogP contribution in [-0.2, 0) is 0 Å². The number of hydrogen-bond donors (Lipinski definition) is 2. The number of pyridine rings is 2. The molecule has 2 saturated heterocycles. The molecule has 2 amide bonds. The molecule has 2 aromatic carbocycles. The smallest absolute Gasteiger partial charge is 0.259 e. The summed E-state index contributed by atoms with van der Waals surface area (Å²) in [5, 5.41) is 3.56. The third-order valence-corrected chi connectivity index (χ3v) is 7.97. The zero-order valence-electron chi connectivity index (χ0n) is 23.4. The minimum Gasteiger partial charge on any atom is -0.496 e. The Hall–Kier alpha value is -4.73. The number of aromatic nitrogens is 2. The summed E-state index contributed by atoms with van der Waals surface area (Å²) in [5.74, 6) is -0.631. The van der Waals surface area contributed by atoms with E-state index in [0.29, 0.717) is 40.9 Å². The van der Waals surface area contributed by atoms with Crippen molar-refractivity contribution in [3.05, 3.63) is 82.0 Å². The molecule has 10 heteroatoms. The highest BCUT2D eigenvalue weighted by Crippen LogP contribution is 2.34. The fourth-order valence-electron chi connectivity index (χ4n) is 5.74. The third kappa shape index (κ3) is 5.32. The lowest BCUT2D eigenvalue weighted by atomic mass is 10.0. The number of fused-ring (bicyclic) bond motifs is 1. The molecule has 2 aliphatic rings. The van der Waals surface area contributed by atoms with Gasteiger partial charge in [0.15, 0.2) is 0 Å². The van der Waals surface area contributed by atoms with Gasteiger partial charge in [-0.2, -0.15) is 0 Å². The molecule has 0 unspecified atom stereocenters. The minimum atomic E-state index is -0.622. The fourth-order valence-corrected chi connectivity index (χ4v) is 5.74. The number of hydrogen-bond acceptors (Lipinski definition) is 6. The maximum atomic E-state index is 15.7. The molecule has 2 N–H and O–H groups in total. The third-order valence-electron chi connectivity index (χ3n) is 7.97. The Labute approximate surface area is 242 Å².